The number of rotatable bonds is 5. The van der Waals surface area contributed by atoms with Crippen LogP contribution in [0.2, 0.25) is 0 Å². The molecule has 0 radical (unpaired) electrons. The molecular weight excluding hydrogens is 238 g/mol. The monoisotopic (exact) mass is 261 g/mol. The summed E-state index contributed by atoms with van der Waals surface area (Å²) in [5, 5.41) is 6.07. The van der Waals surface area contributed by atoms with Gasteiger partial charge in [-0.1, -0.05) is 18.6 Å². The van der Waals surface area contributed by atoms with Gasteiger partial charge in [0.1, 0.15) is 0 Å². The Hall–Kier alpha value is -1.39. The Kier molecular flexibility index (Phi) is 4.93. The predicted molar refractivity (Wildman–Crippen MR) is 77.8 cm³/mol. The van der Waals surface area contributed by atoms with E-state index in [1.165, 1.54) is 0 Å². The van der Waals surface area contributed by atoms with Crippen molar-refractivity contribution in [1.82, 2.24) is 5.32 Å². The van der Waals surface area contributed by atoms with Crippen LogP contribution >= 0.6 is 0 Å². The Morgan fingerprint density at radius 1 is 1.42 bits per heavy atom. The average molecular weight is 261 g/mol. The molecule has 1 aliphatic carbocycles. The summed E-state index contributed by atoms with van der Waals surface area (Å²) in [6, 6.07) is 8.12. The van der Waals surface area contributed by atoms with Crippen molar-refractivity contribution in [2.45, 2.75) is 38.3 Å². The zero-order valence-electron chi connectivity index (χ0n) is 11.5. The molecule has 0 heterocycles. The van der Waals surface area contributed by atoms with E-state index >= 15 is 0 Å². The summed E-state index contributed by atoms with van der Waals surface area (Å²) in [6.07, 6.45) is 3.82. The van der Waals surface area contributed by atoms with E-state index in [0.717, 1.165) is 37.1 Å². The van der Waals surface area contributed by atoms with Gasteiger partial charge in [-0.25, -0.2) is 0 Å². The van der Waals surface area contributed by atoms with E-state index in [9.17, 15) is 4.79 Å². The van der Waals surface area contributed by atoms with Gasteiger partial charge in [-0.15, -0.1) is 0 Å². The van der Waals surface area contributed by atoms with E-state index < -0.39 is 0 Å². The Labute approximate surface area is 114 Å². The maximum atomic E-state index is 12.0. The fraction of sp³-hybridized carbons (Fsp3) is 0.533. The Morgan fingerprint density at radius 3 is 2.95 bits per heavy atom. The third-order valence-electron chi connectivity index (χ3n) is 3.76. The van der Waals surface area contributed by atoms with Crippen molar-refractivity contribution in [1.29, 1.82) is 0 Å². The summed E-state index contributed by atoms with van der Waals surface area (Å²) >= 11 is 0. The molecule has 0 saturated heterocycles. The minimum absolute atomic E-state index is 0.0731. The fourth-order valence-electron chi connectivity index (χ4n) is 2.73. The van der Waals surface area contributed by atoms with Crippen LogP contribution in [-0.4, -0.2) is 19.0 Å². The van der Waals surface area contributed by atoms with Crippen LogP contribution in [-0.2, 0) is 11.3 Å². The topological polar surface area (TPSA) is 67.1 Å². The predicted octanol–water partition coefficient (Wildman–Crippen LogP) is 1.86. The average Bonchev–Trinajstić information content (AvgIpc) is 2.76. The number of amides is 1. The van der Waals surface area contributed by atoms with Gasteiger partial charge in [-0.2, -0.15) is 0 Å². The van der Waals surface area contributed by atoms with Gasteiger partial charge in [-0.05, 0) is 43.5 Å². The van der Waals surface area contributed by atoms with E-state index in [0.29, 0.717) is 12.3 Å². The molecule has 0 unspecified atom stereocenters. The van der Waals surface area contributed by atoms with E-state index in [2.05, 4.69) is 10.6 Å². The van der Waals surface area contributed by atoms with Gasteiger partial charge in [0.15, 0.2) is 0 Å². The second-order valence-electron chi connectivity index (χ2n) is 5.34. The second-order valence-corrected chi connectivity index (χ2v) is 5.34. The minimum Gasteiger partial charge on any atom is -0.327 e. The first kappa shape index (κ1) is 14.0. The molecule has 2 atom stereocenters. The molecule has 1 aromatic rings. The molecule has 1 aromatic carbocycles. The molecule has 4 heteroatoms. The summed E-state index contributed by atoms with van der Waals surface area (Å²) in [6.45, 7) is 0.803. The normalized spacial score (nSPS) is 22.4. The summed E-state index contributed by atoms with van der Waals surface area (Å²) < 4.78 is 0. The standard InChI is InChI=1S/C15H23N3O/c1-17-10-11-4-2-6-13(8-11)18-15(19)9-12-5-3-7-14(12)16/h2,4,6,8,12,14,17H,3,5,7,9-10,16H2,1H3,(H,18,19)/t12-,14+/m0/s1. The van der Waals surface area contributed by atoms with Gasteiger partial charge < -0.3 is 16.4 Å². The van der Waals surface area contributed by atoms with Crippen LogP contribution in [0.5, 0.6) is 0 Å². The Morgan fingerprint density at radius 2 is 2.26 bits per heavy atom. The van der Waals surface area contributed by atoms with Gasteiger partial charge in [0.2, 0.25) is 5.91 Å². The molecule has 4 N–H and O–H groups in total. The Balaban J connectivity index is 1.89. The molecule has 1 amide bonds. The third kappa shape index (κ3) is 4.04. The molecule has 19 heavy (non-hydrogen) atoms. The molecule has 1 fully saturated rings. The lowest BCUT2D eigenvalue weighted by molar-refractivity contribution is -0.117. The molecule has 0 aliphatic heterocycles. The van der Waals surface area contributed by atoms with Crippen molar-refractivity contribution >= 4 is 11.6 Å². The number of hydrogen-bond acceptors (Lipinski definition) is 3. The van der Waals surface area contributed by atoms with E-state index in [4.69, 9.17) is 5.73 Å². The SMILES string of the molecule is CNCc1cccc(NC(=O)C[C@@H]2CCC[C@H]2N)c1. The lowest BCUT2D eigenvalue weighted by Gasteiger charge is -2.15. The molecule has 0 aromatic heterocycles. The quantitative estimate of drug-likeness (QED) is 0.758. The maximum absolute atomic E-state index is 12.0. The summed E-state index contributed by atoms with van der Waals surface area (Å²) in [5.41, 5.74) is 8.03. The molecule has 0 bridgehead atoms. The van der Waals surface area contributed by atoms with Crippen molar-refractivity contribution in [3.63, 3.8) is 0 Å². The summed E-state index contributed by atoms with van der Waals surface area (Å²) in [7, 11) is 1.91. The number of benzene rings is 1. The number of carbonyl (C=O) groups is 1. The van der Waals surface area contributed by atoms with Crippen LogP contribution in [0.25, 0.3) is 0 Å². The molecular formula is C15H23N3O. The number of anilines is 1. The number of hydrogen-bond donors (Lipinski definition) is 3. The maximum Gasteiger partial charge on any atom is 0.224 e. The molecule has 4 nitrogen and oxygen atoms in total. The van der Waals surface area contributed by atoms with Gasteiger partial charge in [0, 0.05) is 24.7 Å². The number of carbonyl (C=O) groups excluding carboxylic acids is 1. The van der Waals surface area contributed by atoms with Crippen LogP contribution in [0.1, 0.15) is 31.2 Å². The van der Waals surface area contributed by atoms with E-state index in [-0.39, 0.29) is 11.9 Å². The lowest BCUT2D eigenvalue weighted by Crippen LogP contribution is -2.28. The van der Waals surface area contributed by atoms with Crippen molar-refractivity contribution < 1.29 is 4.79 Å². The smallest absolute Gasteiger partial charge is 0.224 e. The lowest BCUT2D eigenvalue weighted by atomic mass is 10.00. The summed E-state index contributed by atoms with van der Waals surface area (Å²) in [5.74, 6) is 0.421. The number of nitrogens with one attached hydrogen (secondary N) is 2. The molecule has 1 saturated carbocycles. The van der Waals surface area contributed by atoms with Crippen LogP contribution < -0.4 is 16.4 Å². The highest BCUT2D eigenvalue weighted by Gasteiger charge is 2.25. The van der Waals surface area contributed by atoms with Gasteiger partial charge >= 0.3 is 0 Å². The first-order valence-electron chi connectivity index (χ1n) is 6.98. The third-order valence-corrected chi connectivity index (χ3v) is 3.76. The highest BCUT2D eigenvalue weighted by atomic mass is 16.1. The van der Waals surface area contributed by atoms with Crippen LogP contribution in [0.15, 0.2) is 24.3 Å². The van der Waals surface area contributed by atoms with Crippen LogP contribution in [0.3, 0.4) is 0 Å². The first-order valence-corrected chi connectivity index (χ1v) is 6.98. The van der Waals surface area contributed by atoms with Crippen molar-refractivity contribution in [3.8, 4) is 0 Å². The molecule has 104 valence electrons. The van der Waals surface area contributed by atoms with Crippen LogP contribution in [0.4, 0.5) is 5.69 Å². The highest BCUT2D eigenvalue weighted by Crippen LogP contribution is 2.27. The van der Waals surface area contributed by atoms with E-state index in [1.54, 1.807) is 0 Å². The van der Waals surface area contributed by atoms with Gasteiger partial charge in [-0.3, -0.25) is 4.79 Å². The first-order chi connectivity index (χ1) is 9.19. The Bertz CT molecular complexity index is 433. The number of nitrogens with two attached hydrogens (primary N) is 1. The van der Waals surface area contributed by atoms with Crippen LogP contribution in [0, 0.1) is 5.92 Å². The van der Waals surface area contributed by atoms with Gasteiger partial charge in [0.05, 0.1) is 0 Å². The zero-order valence-corrected chi connectivity index (χ0v) is 11.5. The van der Waals surface area contributed by atoms with Crippen molar-refractivity contribution in [2.75, 3.05) is 12.4 Å². The molecule has 2 rings (SSSR count). The fourth-order valence-corrected chi connectivity index (χ4v) is 2.73. The van der Waals surface area contributed by atoms with Gasteiger partial charge in [0.25, 0.3) is 0 Å². The highest BCUT2D eigenvalue weighted by molar-refractivity contribution is 5.91. The largest absolute Gasteiger partial charge is 0.327 e. The molecule has 0 spiro atoms. The second kappa shape index (κ2) is 6.68. The zero-order chi connectivity index (χ0) is 13.7. The minimum atomic E-state index is 0.0731. The van der Waals surface area contributed by atoms with Crippen molar-refractivity contribution in [3.05, 3.63) is 29.8 Å². The molecule has 1 aliphatic rings. The van der Waals surface area contributed by atoms with Crippen molar-refractivity contribution in [2.24, 2.45) is 11.7 Å². The van der Waals surface area contributed by atoms with E-state index in [1.807, 2.05) is 31.3 Å². The summed E-state index contributed by atoms with van der Waals surface area (Å²) in [4.78, 5) is 12.0.